The quantitative estimate of drug-likeness (QED) is 0.584. The standard InChI is InChI=1S/C18H14ClN3OS/c19-16-13-5-1-2-6-15(13)24-17(16)18-21-8-9-22(18)11-14(23)12-4-3-7-20-10-12/h1-10,14,23H,11H2/t14-/m0/s1. The normalized spacial score (nSPS) is 12.6. The highest BCUT2D eigenvalue weighted by Crippen LogP contribution is 2.41. The summed E-state index contributed by atoms with van der Waals surface area (Å²) in [5, 5.41) is 12.2. The summed E-state index contributed by atoms with van der Waals surface area (Å²) in [6.45, 7) is 0.394. The molecule has 3 heterocycles. The molecular weight excluding hydrogens is 342 g/mol. The van der Waals surface area contributed by atoms with E-state index in [1.807, 2.05) is 47.2 Å². The third-order valence-electron chi connectivity index (χ3n) is 3.89. The molecule has 0 aliphatic carbocycles. The largest absolute Gasteiger partial charge is 0.386 e. The van der Waals surface area contributed by atoms with Gasteiger partial charge >= 0.3 is 0 Å². The van der Waals surface area contributed by atoms with Gasteiger partial charge in [0.15, 0.2) is 5.82 Å². The van der Waals surface area contributed by atoms with Gasteiger partial charge in [-0.2, -0.15) is 0 Å². The number of aliphatic hydroxyl groups excluding tert-OH is 1. The fourth-order valence-electron chi connectivity index (χ4n) is 2.69. The average molecular weight is 356 g/mol. The van der Waals surface area contributed by atoms with Crippen molar-refractivity contribution in [2.24, 2.45) is 0 Å². The minimum atomic E-state index is -0.653. The van der Waals surface area contributed by atoms with Gasteiger partial charge in [0.25, 0.3) is 0 Å². The first kappa shape index (κ1) is 15.3. The highest BCUT2D eigenvalue weighted by Gasteiger charge is 2.18. The molecular formula is C18H14ClN3OS. The van der Waals surface area contributed by atoms with Crippen LogP contribution >= 0.6 is 22.9 Å². The summed E-state index contributed by atoms with van der Waals surface area (Å²) in [7, 11) is 0. The van der Waals surface area contributed by atoms with E-state index in [1.54, 1.807) is 29.9 Å². The molecule has 4 nitrogen and oxygen atoms in total. The second-order valence-electron chi connectivity index (χ2n) is 5.45. The Labute approximate surface area is 148 Å². The zero-order chi connectivity index (χ0) is 16.5. The van der Waals surface area contributed by atoms with Crippen LogP contribution in [0.5, 0.6) is 0 Å². The zero-order valence-corrected chi connectivity index (χ0v) is 14.2. The first-order valence-electron chi connectivity index (χ1n) is 7.50. The van der Waals surface area contributed by atoms with Crippen LogP contribution in [0.25, 0.3) is 20.8 Å². The lowest BCUT2D eigenvalue weighted by atomic mass is 10.1. The molecule has 0 saturated heterocycles. The summed E-state index contributed by atoms with van der Waals surface area (Å²) < 4.78 is 3.05. The molecule has 1 N–H and O–H groups in total. The fourth-order valence-corrected chi connectivity index (χ4v) is 4.22. The Morgan fingerprint density at radius 1 is 1.17 bits per heavy atom. The number of fused-ring (bicyclic) bond motifs is 1. The fraction of sp³-hybridized carbons (Fsp3) is 0.111. The smallest absolute Gasteiger partial charge is 0.151 e. The summed E-state index contributed by atoms with van der Waals surface area (Å²) in [6, 6.07) is 11.7. The highest BCUT2D eigenvalue weighted by atomic mass is 35.5. The predicted octanol–water partition coefficient (Wildman–Crippen LogP) is 4.55. The van der Waals surface area contributed by atoms with Gasteiger partial charge in [0.1, 0.15) is 0 Å². The van der Waals surface area contributed by atoms with Gasteiger partial charge in [-0.3, -0.25) is 4.98 Å². The second-order valence-corrected chi connectivity index (χ2v) is 6.88. The Morgan fingerprint density at radius 2 is 2.04 bits per heavy atom. The van der Waals surface area contributed by atoms with Gasteiger partial charge in [0.05, 0.1) is 22.5 Å². The summed E-state index contributed by atoms with van der Waals surface area (Å²) in [5.41, 5.74) is 0.777. The lowest BCUT2D eigenvalue weighted by Crippen LogP contribution is -2.09. The molecule has 0 aliphatic heterocycles. The maximum atomic E-state index is 10.5. The number of nitrogens with zero attached hydrogens (tertiary/aromatic N) is 3. The monoisotopic (exact) mass is 355 g/mol. The highest BCUT2D eigenvalue weighted by molar-refractivity contribution is 7.23. The van der Waals surface area contributed by atoms with Gasteiger partial charge < -0.3 is 9.67 Å². The number of aliphatic hydroxyl groups is 1. The van der Waals surface area contributed by atoms with E-state index in [1.165, 1.54) is 0 Å². The summed E-state index contributed by atoms with van der Waals surface area (Å²) in [5.74, 6) is 0.768. The van der Waals surface area contributed by atoms with E-state index in [0.717, 1.165) is 26.4 Å². The summed E-state index contributed by atoms with van der Waals surface area (Å²) >= 11 is 8.17. The number of rotatable bonds is 4. The van der Waals surface area contributed by atoms with Crippen molar-refractivity contribution in [1.29, 1.82) is 0 Å². The molecule has 0 aliphatic rings. The van der Waals surface area contributed by atoms with Gasteiger partial charge in [-0.25, -0.2) is 4.98 Å². The van der Waals surface area contributed by atoms with Crippen LogP contribution in [0.4, 0.5) is 0 Å². The van der Waals surface area contributed by atoms with Crippen LogP contribution in [0.1, 0.15) is 11.7 Å². The maximum absolute atomic E-state index is 10.5. The van der Waals surface area contributed by atoms with E-state index in [4.69, 9.17) is 11.6 Å². The minimum absolute atomic E-state index is 0.394. The Morgan fingerprint density at radius 3 is 2.83 bits per heavy atom. The van der Waals surface area contributed by atoms with E-state index >= 15 is 0 Å². The second kappa shape index (κ2) is 6.36. The van der Waals surface area contributed by atoms with Crippen molar-refractivity contribution >= 4 is 33.0 Å². The van der Waals surface area contributed by atoms with Crippen LogP contribution in [-0.2, 0) is 6.54 Å². The molecule has 4 aromatic rings. The van der Waals surface area contributed by atoms with E-state index in [-0.39, 0.29) is 0 Å². The first-order valence-corrected chi connectivity index (χ1v) is 8.70. The number of hydrogen-bond donors (Lipinski definition) is 1. The van der Waals surface area contributed by atoms with Crippen LogP contribution < -0.4 is 0 Å². The SMILES string of the molecule is O[C@@H](Cn1ccnc1-c1sc2ccccc2c1Cl)c1cccnc1. The van der Waals surface area contributed by atoms with Crippen LogP contribution in [0, 0.1) is 0 Å². The molecule has 0 radical (unpaired) electrons. The van der Waals surface area contributed by atoms with Gasteiger partial charge in [0, 0.05) is 40.4 Å². The lowest BCUT2D eigenvalue weighted by molar-refractivity contribution is 0.156. The molecule has 24 heavy (non-hydrogen) atoms. The summed E-state index contributed by atoms with van der Waals surface area (Å²) in [4.78, 5) is 9.42. The van der Waals surface area contributed by atoms with Crippen molar-refractivity contribution in [2.45, 2.75) is 12.6 Å². The van der Waals surface area contributed by atoms with Crippen LogP contribution in [-0.4, -0.2) is 19.6 Å². The number of aromatic nitrogens is 3. The van der Waals surface area contributed by atoms with Gasteiger partial charge in [-0.05, 0) is 12.1 Å². The Kier molecular flexibility index (Phi) is 4.06. The third-order valence-corrected chi connectivity index (χ3v) is 5.56. The molecule has 3 aromatic heterocycles. The number of pyridine rings is 1. The van der Waals surface area contributed by atoms with Crippen LogP contribution in [0.15, 0.2) is 61.2 Å². The molecule has 0 amide bonds. The van der Waals surface area contributed by atoms with Crippen molar-refractivity contribution in [3.63, 3.8) is 0 Å². The predicted molar refractivity (Wildman–Crippen MR) is 97.3 cm³/mol. The van der Waals surface area contributed by atoms with Crippen molar-refractivity contribution < 1.29 is 5.11 Å². The summed E-state index contributed by atoms with van der Waals surface area (Å²) in [6.07, 6.45) is 6.30. The molecule has 0 fully saturated rings. The van der Waals surface area contributed by atoms with Crippen LogP contribution in [0.3, 0.4) is 0 Å². The number of imidazole rings is 1. The number of hydrogen-bond acceptors (Lipinski definition) is 4. The Bertz CT molecular complexity index is 980. The van der Waals surface area contributed by atoms with Gasteiger partial charge in [-0.15, -0.1) is 11.3 Å². The lowest BCUT2D eigenvalue weighted by Gasteiger charge is -2.13. The molecule has 120 valence electrons. The van der Waals surface area contributed by atoms with Crippen molar-refractivity contribution in [3.8, 4) is 10.7 Å². The molecule has 0 unspecified atom stereocenters. The number of halogens is 1. The Hall–Kier alpha value is -2.21. The molecule has 4 rings (SSSR count). The van der Waals surface area contributed by atoms with E-state index in [0.29, 0.717) is 11.6 Å². The van der Waals surface area contributed by atoms with Crippen molar-refractivity contribution in [2.75, 3.05) is 0 Å². The van der Waals surface area contributed by atoms with Crippen molar-refractivity contribution in [1.82, 2.24) is 14.5 Å². The Balaban J connectivity index is 1.70. The van der Waals surface area contributed by atoms with Crippen molar-refractivity contribution in [3.05, 3.63) is 71.8 Å². The zero-order valence-electron chi connectivity index (χ0n) is 12.6. The van der Waals surface area contributed by atoms with E-state index in [2.05, 4.69) is 9.97 Å². The average Bonchev–Trinajstić information content (AvgIpc) is 3.20. The van der Waals surface area contributed by atoms with Gasteiger partial charge in [0.2, 0.25) is 0 Å². The topological polar surface area (TPSA) is 50.9 Å². The number of benzene rings is 1. The molecule has 6 heteroatoms. The molecule has 0 saturated carbocycles. The molecule has 0 spiro atoms. The van der Waals surface area contributed by atoms with E-state index < -0.39 is 6.10 Å². The first-order chi connectivity index (χ1) is 11.7. The van der Waals surface area contributed by atoms with E-state index in [9.17, 15) is 5.11 Å². The minimum Gasteiger partial charge on any atom is -0.386 e. The maximum Gasteiger partial charge on any atom is 0.151 e. The van der Waals surface area contributed by atoms with Crippen LogP contribution in [0.2, 0.25) is 5.02 Å². The molecule has 1 aromatic carbocycles. The van der Waals surface area contributed by atoms with Gasteiger partial charge in [-0.1, -0.05) is 35.9 Å². The third kappa shape index (κ3) is 2.71. The molecule has 0 bridgehead atoms. The molecule has 1 atom stereocenters. The number of thiophene rings is 1.